The van der Waals surface area contributed by atoms with Gasteiger partial charge in [-0.2, -0.15) is 0 Å². The molecule has 1 N–H and O–H groups in total. The summed E-state index contributed by atoms with van der Waals surface area (Å²) in [4.78, 5) is 1.93. The fourth-order valence-corrected chi connectivity index (χ4v) is 3.49. The Bertz CT molecular complexity index is 261. The average molecular weight is 207 g/mol. The Morgan fingerprint density at radius 2 is 2.23 bits per heavy atom. The van der Waals surface area contributed by atoms with Crippen molar-refractivity contribution in [1.29, 1.82) is 0 Å². The smallest absolute Gasteiger partial charge is 0.151 e. The summed E-state index contributed by atoms with van der Waals surface area (Å²) in [6.45, 7) is 2.25. The third-order valence-corrected chi connectivity index (χ3v) is 4.13. The first-order valence-corrected chi connectivity index (χ1v) is 6.31. The lowest BCUT2D eigenvalue weighted by Crippen LogP contribution is -2.37. The molecule has 78 valence electrons. The Labute approximate surface area is 79.5 Å². The first-order chi connectivity index (χ1) is 5.91. The van der Waals surface area contributed by atoms with Crippen LogP contribution in [0.15, 0.2) is 0 Å². The van der Waals surface area contributed by atoms with E-state index in [1.54, 1.807) is 6.92 Å². The molecular weight excluding hydrogens is 190 g/mol. The summed E-state index contributed by atoms with van der Waals surface area (Å²) in [6.07, 6.45) is 0.305. The van der Waals surface area contributed by atoms with Gasteiger partial charge in [0.2, 0.25) is 0 Å². The van der Waals surface area contributed by atoms with Gasteiger partial charge in [-0.05, 0) is 20.4 Å². The van der Waals surface area contributed by atoms with E-state index < -0.39 is 15.9 Å². The fraction of sp³-hybridized carbons (Fsp3) is 1.00. The van der Waals surface area contributed by atoms with Crippen LogP contribution >= 0.6 is 0 Å². The lowest BCUT2D eigenvalue weighted by molar-refractivity contribution is 0.123. The van der Waals surface area contributed by atoms with Gasteiger partial charge in [0.05, 0.1) is 17.6 Å². The zero-order valence-electron chi connectivity index (χ0n) is 8.10. The van der Waals surface area contributed by atoms with E-state index >= 15 is 0 Å². The van der Waals surface area contributed by atoms with Crippen LogP contribution in [0, 0.1) is 0 Å². The Morgan fingerprint density at radius 1 is 1.62 bits per heavy atom. The van der Waals surface area contributed by atoms with Crippen molar-refractivity contribution in [2.45, 2.75) is 25.5 Å². The SMILES string of the molecule is C[C@H](O)CN(C)C1CCS(=O)(=O)C1. The van der Waals surface area contributed by atoms with Gasteiger partial charge < -0.3 is 5.11 Å². The number of aliphatic hydroxyl groups is 1. The van der Waals surface area contributed by atoms with Gasteiger partial charge in [0.15, 0.2) is 9.84 Å². The summed E-state index contributed by atoms with van der Waals surface area (Å²) < 4.78 is 22.3. The molecule has 1 fully saturated rings. The predicted molar refractivity (Wildman–Crippen MR) is 51.4 cm³/mol. The van der Waals surface area contributed by atoms with E-state index in [-0.39, 0.29) is 11.8 Å². The molecule has 1 saturated heterocycles. The van der Waals surface area contributed by atoms with Gasteiger partial charge in [0, 0.05) is 12.6 Å². The van der Waals surface area contributed by atoms with Crippen molar-refractivity contribution in [1.82, 2.24) is 4.90 Å². The molecule has 0 radical (unpaired) electrons. The molecule has 0 saturated carbocycles. The van der Waals surface area contributed by atoms with Gasteiger partial charge in [-0.25, -0.2) is 8.42 Å². The topological polar surface area (TPSA) is 57.6 Å². The molecule has 1 unspecified atom stereocenters. The van der Waals surface area contributed by atoms with Crippen molar-refractivity contribution >= 4 is 9.84 Å². The van der Waals surface area contributed by atoms with Crippen molar-refractivity contribution < 1.29 is 13.5 Å². The minimum atomic E-state index is -2.80. The van der Waals surface area contributed by atoms with Gasteiger partial charge in [0.1, 0.15) is 0 Å². The first kappa shape index (κ1) is 10.9. The van der Waals surface area contributed by atoms with Crippen LogP contribution in [0.4, 0.5) is 0 Å². The zero-order valence-corrected chi connectivity index (χ0v) is 8.92. The molecule has 0 aromatic heterocycles. The Kier molecular flexibility index (Phi) is 3.32. The molecular formula is C8H17NO3S. The maximum atomic E-state index is 11.1. The molecule has 4 nitrogen and oxygen atoms in total. The van der Waals surface area contributed by atoms with Gasteiger partial charge in [-0.1, -0.05) is 0 Å². The second-order valence-corrected chi connectivity index (χ2v) is 6.07. The number of sulfone groups is 1. The van der Waals surface area contributed by atoms with Crippen molar-refractivity contribution in [2.24, 2.45) is 0 Å². The molecule has 0 aromatic carbocycles. The second kappa shape index (κ2) is 3.94. The molecule has 0 aromatic rings. The van der Waals surface area contributed by atoms with Crippen LogP contribution in [-0.2, 0) is 9.84 Å². The van der Waals surface area contributed by atoms with Crippen LogP contribution < -0.4 is 0 Å². The van der Waals surface area contributed by atoms with E-state index in [0.717, 1.165) is 0 Å². The number of aliphatic hydroxyl groups excluding tert-OH is 1. The van der Waals surface area contributed by atoms with Crippen LogP contribution in [0.1, 0.15) is 13.3 Å². The van der Waals surface area contributed by atoms with Crippen molar-refractivity contribution in [3.8, 4) is 0 Å². The van der Waals surface area contributed by atoms with Crippen molar-refractivity contribution in [2.75, 3.05) is 25.1 Å². The molecule has 0 aliphatic carbocycles. The zero-order chi connectivity index (χ0) is 10.1. The summed E-state index contributed by atoms with van der Waals surface area (Å²) in [5, 5.41) is 9.12. The molecule has 2 atom stereocenters. The maximum absolute atomic E-state index is 11.1. The standard InChI is InChI=1S/C8H17NO3S/c1-7(10)5-9(2)8-3-4-13(11,12)6-8/h7-8,10H,3-6H2,1-2H3/t7-,8?/m0/s1. The van der Waals surface area contributed by atoms with Crippen LogP contribution in [0.2, 0.25) is 0 Å². The van der Waals surface area contributed by atoms with Crippen molar-refractivity contribution in [3.05, 3.63) is 0 Å². The highest BCUT2D eigenvalue weighted by Gasteiger charge is 2.30. The van der Waals surface area contributed by atoms with E-state index in [1.165, 1.54) is 0 Å². The number of rotatable bonds is 3. The van der Waals surface area contributed by atoms with Crippen LogP contribution in [-0.4, -0.2) is 55.7 Å². The Morgan fingerprint density at radius 3 is 2.62 bits per heavy atom. The van der Waals surface area contributed by atoms with Crippen molar-refractivity contribution in [3.63, 3.8) is 0 Å². The summed E-state index contributed by atoms with van der Waals surface area (Å²) in [7, 11) is -0.940. The molecule has 1 aliphatic rings. The maximum Gasteiger partial charge on any atom is 0.151 e. The second-order valence-electron chi connectivity index (χ2n) is 3.85. The summed E-state index contributed by atoms with van der Waals surface area (Å²) in [5.41, 5.74) is 0. The largest absolute Gasteiger partial charge is 0.392 e. The first-order valence-electron chi connectivity index (χ1n) is 4.49. The quantitative estimate of drug-likeness (QED) is 0.677. The molecule has 0 amide bonds. The van der Waals surface area contributed by atoms with E-state index in [4.69, 9.17) is 5.11 Å². The highest BCUT2D eigenvalue weighted by Crippen LogP contribution is 2.16. The van der Waals surface area contributed by atoms with Gasteiger partial charge >= 0.3 is 0 Å². The Balaban J connectivity index is 2.47. The summed E-state index contributed by atoms with van der Waals surface area (Å²) in [6, 6.07) is 0.0969. The molecule has 5 heteroatoms. The number of nitrogens with zero attached hydrogens (tertiary/aromatic N) is 1. The summed E-state index contributed by atoms with van der Waals surface area (Å²) in [5.74, 6) is 0.540. The third-order valence-electron chi connectivity index (χ3n) is 2.38. The Hall–Kier alpha value is -0.130. The lowest BCUT2D eigenvalue weighted by atomic mass is 10.2. The molecule has 0 bridgehead atoms. The van der Waals surface area contributed by atoms with E-state index in [1.807, 2.05) is 11.9 Å². The number of hydrogen-bond donors (Lipinski definition) is 1. The van der Waals surface area contributed by atoms with Gasteiger partial charge in [-0.15, -0.1) is 0 Å². The van der Waals surface area contributed by atoms with Crippen LogP contribution in [0.25, 0.3) is 0 Å². The fourth-order valence-electron chi connectivity index (χ4n) is 1.69. The van der Waals surface area contributed by atoms with E-state index in [9.17, 15) is 8.42 Å². The highest BCUT2D eigenvalue weighted by molar-refractivity contribution is 7.91. The molecule has 1 rings (SSSR count). The molecule has 1 heterocycles. The average Bonchev–Trinajstić information content (AvgIpc) is 2.28. The number of likely N-dealkylation sites (N-methyl/N-ethyl adjacent to an activating group) is 1. The molecule has 1 aliphatic heterocycles. The third kappa shape index (κ3) is 3.25. The minimum absolute atomic E-state index is 0.0969. The van der Waals surface area contributed by atoms with Crippen LogP contribution in [0.5, 0.6) is 0 Å². The van der Waals surface area contributed by atoms with Gasteiger partial charge in [-0.3, -0.25) is 4.90 Å². The van der Waals surface area contributed by atoms with Gasteiger partial charge in [0.25, 0.3) is 0 Å². The summed E-state index contributed by atoms with van der Waals surface area (Å²) >= 11 is 0. The normalized spacial score (nSPS) is 29.4. The van der Waals surface area contributed by atoms with E-state index in [2.05, 4.69) is 0 Å². The monoisotopic (exact) mass is 207 g/mol. The number of hydrogen-bond acceptors (Lipinski definition) is 4. The minimum Gasteiger partial charge on any atom is -0.392 e. The molecule has 0 spiro atoms. The van der Waals surface area contributed by atoms with E-state index in [0.29, 0.717) is 18.7 Å². The predicted octanol–water partition coefficient (Wildman–Crippen LogP) is -0.514. The van der Waals surface area contributed by atoms with Crippen LogP contribution in [0.3, 0.4) is 0 Å². The lowest BCUT2D eigenvalue weighted by Gasteiger charge is -2.24. The highest BCUT2D eigenvalue weighted by atomic mass is 32.2. The molecule has 13 heavy (non-hydrogen) atoms.